The Morgan fingerprint density at radius 1 is 0.254 bits per heavy atom. The molecule has 0 radical (unpaired) electrons. The monoisotopic (exact) mass is 1830 g/mol. The number of rotatable bonds is 30. The van der Waals surface area contributed by atoms with Gasteiger partial charge < -0.3 is 183 Å². The molecule has 0 amide bonds. The van der Waals surface area contributed by atoms with Crippen molar-refractivity contribution in [2.45, 2.75) is 248 Å². The van der Waals surface area contributed by atoms with Crippen molar-refractivity contribution in [3.8, 4) is 34.5 Å². The lowest BCUT2D eigenvalue weighted by atomic mass is 9.48. The highest BCUT2D eigenvalue weighted by Gasteiger charge is 2.58. The number of aromatic nitrogens is 18. The maximum Gasteiger partial charge on any atom is 0.170 e. The van der Waals surface area contributed by atoms with E-state index in [2.05, 4.69) is 61.9 Å². The van der Waals surface area contributed by atoms with Crippen molar-refractivity contribution in [2.24, 2.45) is 34.4 Å². The molecule has 12 heterocycles. The van der Waals surface area contributed by atoms with Crippen LogP contribution < -0.4 is 62.8 Å². The van der Waals surface area contributed by atoms with Crippen molar-refractivity contribution in [3.63, 3.8) is 0 Å². The summed E-state index contributed by atoms with van der Waals surface area (Å²) in [5.41, 5.74) is 39.3. The Labute approximate surface area is 733 Å². The van der Waals surface area contributed by atoms with E-state index >= 15 is 0 Å². The molecule has 30 N–H and O–H groups in total. The van der Waals surface area contributed by atoms with Gasteiger partial charge >= 0.3 is 0 Å². The van der Waals surface area contributed by atoms with Crippen molar-refractivity contribution in [1.29, 1.82) is 0 Å². The minimum atomic E-state index is -1.57. The van der Waals surface area contributed by atoms with Crippen LogP contribution >= 0.6 is 0 Å². The average molecular weight is 1830 g/mol. The summed E-state index contributed by atoms with van der Waals surface area (Å²) in [5, 5.41) is 243. The zero-order valence-corrected chi connectivity index (χ0v) is 69.2. The number of hydrogen-bond acceptors (Lipinski definition) is 48. The van der Waals surface area contributed by atoms with Gasteiger partial charge in [0.25, 0.3) is 0 Å². The normalized spacial score (nSPS) is 35.9. The van der Waals surface area contributed by atoms with Gasteiger partial charge in [-0.2, -0.15) is 0 Å². The minimum absolute atomic E-state index is 0.0311. The van der Waals surface area contributed by atoms with E-state index in [0.29, 0.717) is 33.4 Å². The molecule has 0 unspecified atom stereocenters. The first-order valence-corrected chi connectivity index (χ1v) is 41.4. The first kappa shape index (κ1) is 92.0. The summed E-state index contributed by atoms with van der Waals surface area (Å²) in [7, 11) is 0. The summed E-state index contributed by atoms with van der Waals surface area (Å²) in [4.78, 5) is 0. The summed E-state index contributed by atoms with van der Waals surface area (Å²) in [6, 6.07) is 2.72. The van der Waals surface area contributed by atoms with E-state index in [0.717, 1.165) is 0 Å². The molecule has 706 valence electrons. The molecule has 3 aliphatic carbocycles. The first-order valence-electron chi connectivity index (χ1n) is 41.4. The molecule has 6 aliphatic heterocycles. The summed E-state index contributed by atoms with van der Waals surface area (Å²) in [5.74, 6) is 0.187. The van der Waals surface area contributed by atoms with Gasteiger partial charge in [-0.3, -0.25) is 0 Å². The van der Waals surface area contributed by atoms with E-state index in [9.17, 15) is 91.9 Å². The number of hydrogen-bond donors (Lipinski definition) is 24. The molecule has 0 spiro atoms. The maximum absolute atomic E-state index is 11.0. The van der Waals surface area contributed by atoms with Crippen LogP contribution in [0.25, 0.3) is 0 Å². The third-order valence-corrected chi connectivity index (χ3v) is 25.3. The number of ether oxygens (including phenoxy) is 12. The lowest BCUT2D eigenvalue weighted by Crippen LogP contribution is -2.59. The lowest BCUT2D eigenvalue weighted by Gasteiger charge is -2.54. The Morgan fingerprint density at radius 2 is 0.392 bits per heavy atom. The molecule has 6 aromatic heterocycles. The number of aliphatic hydroxyl groups excluding tert-OH is 18. The zero-order chi connectivity index (χ0) is 92.1. The maximum atomic E-state index is 11.0. The summed E-state index contributed by atoms with van der Waals surface area (Å²) < 4.78 is 83.8. The van der Waals surface area contributed by atoms with Crippen LogP contribution in [0.2, 0.25) is 0 Å². The van der Waals surface area contributed by atoms with Gasteiger partial charge in [0.2, 0.25) is 0 Å². The standard InChI is InChI=1S/C76H102N24O30/c1-75-33-3-39(119-21-27-9-95(89-83-27)69-51(77)63(113)57(107)45(15-101)125-69)42(122-24-30-12-98(92-86-30)72-54(80)66(116)60(110)48(18-104)128-72)6-36(33)76(2,37-7-43(123-25-31-13-99(93-87-31)73-55(81)67(117)61(111)49(19-105)129-73)40(4-34(37)75)120-22-28-10-96(90-84-28)70-52(78)64(114)58(108)46(16-102)126-70)38-8-44(124-26-32-14-100(94-88-32)74-56(82)68(118)62(112)50(20-106)130-74)41(5-35(38)75)121-23-29-11-97(91-85-29)71-53(79)65(115)59(109)47(17-103)127-71/h3-14,45-74,101-118H,15-26,77-82H2,1-2H3/t45-,46-,47-,48-,49-,50-,51-,52-,53-,54-,55-,56-,57-,58-,59-,60-,61-,62-,63-,64-,65-,66-,67-,68-,69-,70-,71-,72-,73-,74-,75?,76?/m1/s1. The largest absolute Gasteiger partial charge is 0.483 e. The highest BCUT2D eigenvalue weighted by molar-refractivity contribution is 5.79. The van der Waals surface area contributed by atoms with E-state index in [1.54, 1.807) is 36.4 Å². The second-order valence-electron chi connectivity index (χ2n) is 33.5. The second-order valence-corrected chi connectivity index (χ2v) is 33.5. The van der Waals surface area contributed by atoms with Crippen LogP contribution in [-0.4, -0.2) is 368 Å². The highest BCUT2D eigenvalue weighted by atomic mass is 16.6. The molecule has 9 aliphatic rings. The average Bonchev–Trinajstić information content (AvgIpc) is 0.700. The first-order chi connectivity index (χ1) is 62.3. The molecule has 18 rings (SSSR count). The van der Waals surface area contributed by atoms with E-state index in [4.69, 9.17) is 91.2 Å². The van der Waals surface area contributed by atoms with Crippen LogP contribution in [0, 0.1) is 0 Å². The van der Waals surface area contributed by atoms with Crippen LogP contribution in [0.1, 0.15) is 119 Å². The SMILES string of the molecule is CC12c3cc(OCc4cn([C@@H]5O[C@H](CO)[C@@H](O)[C@H](O)[C@H]5N)nn4)c(OCc4cn([C@@H]5O[C@H](CO)[C@@H](O)[C@H](O)[C@H]5N)nn4)cc3C(C)(c3cc(OCc4cn([C@@H]5O[C@H](CO)[C@@H](O)[C@H](O)[C@H]5N)nn4)c(OCc4cn([C@@H]5O[C@H](CO)[C@@H](O)[C@H](O)[C@H]5N)nn4)cc31)c1cc(OCc3cn([C@@H]4O[C@H](CO)[C@@H](O)[C@H](O)[C@H]4N)nn3)c(OCc3cn([C@@H]4O[C@H](CO)[C@@H](O)[C@H](O)[C@H]4N)nn3)cc12. The third-order valence-electron chi connectivity index (χ3n) is 25.3. The van der Waals surface area contributed by atoms with E-state index < -0.39 is 274 Å². The predicted molar refractivity (Wildman–Crippen MR) is 422 cm³/mol. The minimum Gasteiger partial charge on any atom is -0.483 e. The van der Waals surface area contributed by atoms with Gasteiger partial charge in [-0.15, -0.1) is 30.6 Å². The fraction of sp³-hybridized carbons (Fsp3) is 0.605. The molecule has 2 bridgehead atoms. The smallest absolute Gasteiger partial charge is 0.170 e. The number of nitrogens with zero attached hydrogens (tertiary/aromatic N) is 18. The molecule has 0 saturated carbocycles. The zero-order valence-electron chi connectivity index (χ0n) is 69.2. The van der Waals surface area contributed by atoms with Crippen molar-refractivity contribution < 1.29 is 149 Å². The van der Waals surface area contributed by atoms with Gasteiger partial charge in [-0.25, -0.2) is 28.1 Å². The van der Waals surface area contributed by atoms with Gasteiger partial charge in [0.05, 0.1) is 113 Å². The predicted octanol–water partition coefficient (Wildman–Crippen LogP) is -12.3. The van der Waals surface area contributed by atoms with Gasteiger partial charge in [0.15, 0.2) is 71.9 Å². The van der Waals surface area contributed by atoms with Crippen molar-refractivity contribution in [3.05, 3.63) is 141 Å². The molecular formula is C76H102N24O30. The Kier molecular flexibility index (Phi) is 26.1. The Balaban J connectivity index is 0.815. The van der Waals surface area contributed by atoms with Gasteiger partial charge in [-0.05, 0) is 83.6 Å². The van der Waals surface area contributed by atoms with Gasteiger partial charge in [-0.1, -0.05) is 31.3 Å². The van der Waals surface area contributed by atoms with E-state index in [1.165, 1.54) is 65.3 Å². The molecule has 130 heavy (non-hydrogen) atoms. The van der Waals surface area contributed by atoms with Crippen LogP contribution in [0.3, 0.4) is 0 Å². The van der Waals surface area contributed by atoms with Crippen LogP contribution in [0.4, 0.5) is 0 Å². The van der Waals surface area contributed by atoms with Crippen molar-refractivity contribution in [2.75, 3.05) is 39.6 Å². The molecule has 6 fully saturated rings. The Bertz CT molecular complexity index is 4590. The highest BCUT2D eigenvalue weighted by Crippen LogP contribution is 2.66. The Hall–Kier alpha value is -9.90. The summed E-state index contributed by atoms with van der Waals surface area (Å²) >= 11 is 0. The fourth-order valence-corrected chi connectivity index (χ4v) is 17.8. The van der Waals surface area contributed by atoms with E-state index in [-0.39, 0.29) is 68.7 Å². The van der Waals surface area contributed by atoms with Crippen molar-refractivity contribution in [1.82, 2.24) is 90.0 Å². The fourth-order valence-electron chi connectivity index (χ4n) is 17.8. The topological polar surface area (TPSA) is 815 Å². The number of benzene rings is 3. The quantitative estimate of drug-likeness (QED) is 0.0199. The Morgan fingerprint density at radius 3 is 0.523 bits per heavy atom. The molecule has 6 saturated heterocycles. The van der Waals surface area contributed by atoms with Crippen molar-refractivity contribution >= 4 is 0 Å². The second kappa shape index (κ2) is 36.9. The molecule has 30 atom stereocenters. The molecule has 54 nitrogen and oxygen atoms in total. The van der Waals surface area contributed by atoms with Gasteiger partial charge in [0.1, 0.15) is 184 Å². The third kappa shape index (κ3) is 16.4. The van der Waals surface area contributed by atoms with Gasteiger partial charge in [0, 0.05) is 10.8 Å². The number of aliphatic hydroxyl groups is 18. The number of nitrogens with two attached hydrogens (primary N) is 6. The summed E-state index contributed by atoms with van der Waals surface area (Å²) in [6.45, 7) is -2.77. The molecule has 3 aromatic carbocycles. The molecule has 54 heteroatoms. The van der Waals surface area contributed by atoms with E-state index in [1.807, 2.05) is 13.8 Å². The molecular weight excluding hydrogens is 1730 g/mol. The van der Waals surface area contributed by atoms with Crippen LogP contribution in [0.5, 0.6) is 34.5 Å². The van der Waals surface area contributed by atoms with Crippen LogP contribution in [0.15, 0.2) is 73.6 Å². The summed E-state index contributed by atoms with van der Waals surface area (Å²) in [6.07, 6.45) is -25.5. The van der Waals surface area contributed by atoms with Crippen LogP contribution in [-0.2, 0) is 78.9 Å². The lowest BCUT2D eigenvalue weighted by molar-refractivity contribution is -0.213. The molecule has 9 aromatic rings.